The molecule has 1 aromatic carbocycles. The molecule has 0 N–H and O–H groups in total. The van der Waals surface area contributed by atoms with Crippen LogP contribution < -0.4 is 9.64 Å². The smallest absolute Gasteiger partial charge is 0.266 e. The van der Waals surface area contributed by atoms with Gasteiger partial charge >= 0.3 is 0 Å². The second-order valence-corrected chi connectivity index (χ2v) is 6.11. The molecule has 1 aliphatic heterocycles. The summed E-state index contributed by atoms with van der Waals surface area (Å²) in [5.41, 5.74) is 2.29. The van der Waals surface area contributed by atoms with E-state index < -0.39 is 6.10 Å². The number of oxazole rings is 2. The van der Waals surface area contributed by atoms with Crippen LogP contribution in [0.3, 0.4) is 0 Å². The standard InChI is InChI=1S/C18H18N4O4/c1-21-8-17(26-16-5-3-2-4-15(16)21)18(23)22(6-13-9-24-11-19-13)7-14-10-25-12-20-14/h2-5,9-12,17H,6-8H2,1H3/t17-/m1/s1. The van der Waals surface area contributed by atoms with Crippen LogP contribution in [0.2, 0.25) is 0 Å². The molecule has 2 aromatic heterocycles. The summed E-state index contributed by atoms with van der Waals surface area (Å²) >= 11 is 0. The predicted octanol–water partition coefficient (Wildman–Crippen LogP) is 2.09. The second-order valence-electron chi connectivity index (χ2n) is 6.11. The van der Waals surface area contributed by atoms with Crippen LogP contribution in [0.1, 0.15) is 11.4 Å². The molecule has 1 aliphatic rings. The molecule has 0 bridgehead atoms. The highest BCUT2D eigenvalue weighted by Crippen LogP contribution is 2.32. The number of benzene rings is 1. The van der Waals surface area contributed by atoms with Crippen LogP contribution in [0.4, 0.5) is 5.69 Å². The third-order valence-corrected chi connectivity index (χ3v) is 4.25. The number of hydrogen-bond acceptors (Lipinski definition) is 7. The van der Waals surface area contributed by atoms with Gasteiger partial charge in [-0.05, 0) is 12.1 Å². The minimum Gasteiger partial charge on any atom is -0.477 e. The van der Waals surface area contributed by atoms with E-state index >= 15 is 0 Å². The fourth-order valence-corrected chi connectivity index (χ4v) is 2.98. The number of aromatic nitrogens is 2. The van der Waals surface area contributed by atoms with Crippen molar-refractivity contribution in [1.29, 1.82) is 0 Å². The van der Waals surface area contributed by atoms with Crippen LogP contribution in [-0.4, -0.2) is 40.5 Å². The molecule has 134 valence electrons. The first-order valence-electron chi connectivity index (χ1n) is 8.20. The molecule has 0 saturated carbocycles. The summed E-state index contributed by atoms with van der Waals surface area (Å²) in [6.07, 6.45) is 5.11. The summed E-state index contributed by atoms with van der Waals surface area (Å²) in [6, 6.07) is 7.67. The first-order valence-corrected chi connectivity index (χ1v) is 8.20. The van der Waals surface area contributed by atoms with Gasteiger partial charge in [-0.3, -0.25) is 4.79 Å². The number of nitrogens with zero attached hydrogens (tertiary/aromatic N) is 4. The number of para-hydroxylation sites is 2. The van der Waals surface area contributed by atoms with Crippen molar-refractivity contribution in [1.82, 2.24) is 14.9 Å². The lowest BCUT2D eigenvalue weighted by molar-refractivity contribution is -0.140. The summed E-state index contributed by atoms with van der Waals surface area (Å²) in [5.74, 6) is 0.555. The van der Waals surface area contributed by atoms with Crippen molar-refractivity contribution in [3.63, 3.8) is 0 Å². The van der Waals surface area contributed by atoms with Gasteiger partial charge in [-0.1, -0.05) is 12.1 Å². The van der Waals surface area contributed by atoms with Crippen molar-refractivity contribution >= 4 is 11.6 Å². The van der Waals surface area contributed by atoms with Gasteiger partial charge < -0.3 is 23.4 Å². The zero-order chi connectivity index (χ0) is 17.9. The number of hydrogen-bond donors (Lipinski definition) is 0. The first kappa shape index (κ1) is 16.2. The van der Waals surface area contributed by atoms with Gasteiger partial charge in [-0.15, -0.1) is 0 Å². The highest BCUT2D eigenvalue weighted by molar-refractivity contribution is 5.83. The lowest BCUT2D eigenvalue weighted by Crippen LogP contribution is -2.49. The molecule has 1 amide bonds. The van der Waals surface area contributed by atoms with E-state index in [4.69, 9.17) is 13.6 Å². The number of ether oxygens (including phenoxy) is 1. The number of fused-ring (bicyclic) bond motifs is 1. The Balaban J connectivity index is 1.56. The summed E-state index contributed by atoms with van der Waals surface area (Å²) in [7, 11) is 1.95. The minimum atomic E-state index is -0.617. The van der Waals surface area contributed by atoms with E-state index in [2.05, 4.69) is 9.97 Å². The number of likely N-dealkylation sites (N-methyl/N-ethyl adjacent to an activating group) is 1. The lowest BCUT2D eigenvalue weighted by Gasteiger charge is -2.35. The van der Waals surface area contributed by atoms with Crippen molar-refractivity contribution in [2.24, 2.45) is 0 Å². The Morgan fingerprint density at radius 1 is 1.15 bits per heavy atom. The molecule has 3 aromatic rings. The van der Waals surface area contributed by atoms with E-state index in [0.29, 0.717) is 36.8 Å². The first-order chi connectivity index (χ1) is 12.7. The molecule has 0 spiro atoms. The van der Waals surface area contributed by atoms with Crippen LogP contribution in [0.5, 0.6) is 5.75 Å². The predicted molar refractivity (Wildman–Crippen MR) is 91.4 cm³/mol. The summed E-state index contributed by atoms with van der Waals surface area (Å²) in [5, 5.41) is 0. The topological polar surface area (TPSA) is 84.8 Å². The zero-order valence-electron chi connectivity index (χ0n) is 14.2. The Hall–Kier alpha value is -3.29. The molecule has 3 heterocycles. The summed E-state index contributed by atoms with van der Waals surface area (Å²) in [4.78, 5) is 25.0. The van der Waals surface area contributed by atoms with Gasteiger partial charge in [0.2, 0.25) is 0 Å². The van der Waals surface area contributed by atoms with Gasteiger partial charge in [-0.2, -0.15) is 0 Å². The quantitative estimate of drug-likeness (QED) is 0.693. The molecule has 1 atom stereocenters. The normalized spacial score (nSPS) is 16.0. The van der Waals surface area contributed by atoms with Gasteiger partial charge in [-0.25, -0.2) is 9.97 Å². The highest BCUT2D eigenvalue weighted by Gasteiger charge is 2.32. The average molecular weight is 354 g/mol. The third kappa shape index (κ3) is 3.26. The van der Waals surface area contributed by atoms with E-state index in [9.17, 15) is 4.79 Å². The number of carbonyl (C=O) groups is 1. The molecule has 0 radical (unpaired) electrons. The Morgan fingerprint density at radius 3 is 2.42 bits per heavy atom. The molecule has 8 nitrogen and oxygen atoms in total. The molecule has 0 unspecified atom stereocenters. The summed E-state index contributed by atoms with van der Waals surface area (Å²) in [6.45, 7) is 1.06. The molecule has 0 saturated heterocycles. The molecule has 4 rings (SSSR count). The molecule has 0 fully saturated rings. The summed E-state index contributed by atoms with van der Waals surface area (Å²) < 4.78 is 16.0. The number of rotatable bonds is 5. The van der Waals surface area contributed by atoms with Crippen molar-refractivity contribution in [3.05, 3.63) is 61.0 Å². The second kappa shape index (κ2) is 6.91. The van der Waals surface area contributed by atoms with E-state index in [-0.39, 0.29) is 5.91 Å². The number of amides is 1. The van der Waals surface area contributed by atoms with E-state index in [1.54, 1.807) is 4.90 Å². The monoisotopic (exact) mass is 354 g/mol. The molecular formula is C18H18N4O4. The Bertz CT molecular complexity index is 827. The average Bonchev–Trinajstić information content (AvgIpc) is 3.34. The van der Waals surface area contributed by atoms with Crippen molar-refractivity contribution in [2.75, 3.05) is 18.5 Å². The zero-order valence-corrected chi connectivity index (χ0v) is 14.2. The Kier molecular flexibility index (Phi) is 4.30. The van der Waals surface area contributed by atoms with Crippen LogP contribution in [0.25, 0.3) is 0 Å². The molecular weight excluding hydrogens is 336 g/mol. The fraction of sp³-hybridized carbons (Fsp3) is 0.278. The maximum Gasteiger partial charge on any atom is 0.266 e. The van der Waals surface area contributed by atoms with Gasteiger partial charge in [0, 0.05) is 7.05 Å². The SMILES string of the molecule is CN1C[C@H](C(=O)N(Cc2cocn2)Cc2cocn2)Oc2ccccc21. The highest BCUT2D eigenvalue weighted by atomic mass is 16.5. The molecule has 0 aliphatic carbocycles. The van der Waals surface area contributed by atoms with Crippen LogP contribution >= 0.6 is 0 Å². The van der Waals surface area contributed by atoms with E-state index in [1.807, 2.05) is 36.2 Å². The Labute approximate surface area is 150 Å². The molecule has 26 heavy (non-hydrogen) atoms. The number of carbonyl (C=O) groups excluding carboxylic acids is 1. The van der Waals surface area contributed by atoms with Crippen molar-refractivity contribution in [2.45, 2.75) is 19.2 Å². The maximum atomic E-state index is 13.2. The van der Waals surface area contributed by atoms with Crippen LogP contribution in [-0.2, 0) is 17.9 Å². The van der Waals surface area contributed by atoms with Gasteiger partial charge in [0.15, 0.2) is 18.9 Å². The van der Waals surface area contributed by atoms with Crippen molar-refractivity contribution in [3.8, 4) is 5.75 Å². The maximum absolute atomic E-state index is 13.2. The fourth-order valence-electron chi connectivity index (χ4n) is 2.98. The largest absolute Gasteiger partial charge is 0.477 e. The minimum absolute atomic E-state index is 0.141. The molecule has 8 heteroatoms. The van der Waals surface area contributed by atoms with Gasteiger partial charge in [0.05, 0.1) is 36.7 Å². The van der Waals surface area contributed by atoms with Gasteiger partial charge in [0.25, 0.3) is 5.91 Å². The van der Waals surface area contributed by atoms with Gasteiger partial charge in [0.1, 0.15) is 18.3 Å². The van der Waals surface area contributed by atoms with E-state index in [1.165, 1.54) is 25.3 Å². The van der Waals surface area contributed by atoms with Crippen LogP contribution in [0, 0.1) is 0 Å². The third-order valence-electron chi connectivity index (χ3n) is 4.25. The lowest BCUT2D eigenvalue weighted by atomic mass is 10.1. The van der Waals surface area contributed by atoms with Crippen LogP contribution in [0.15, 0.2) is 58.4 Å². The Morgan fingerprint density at radius 2 is 1.81 bits per heavy atom. The van der Waals surface area contributed by atoms with E-state index in [0.717, 1.165) is 5.69 Å². The van der Waals surface area contributed by atoms with Crippen molar-refractivity contribution < 1.29 is 18.4 Å². The number of anilines is 1.